The maximum Gasteiger partial charge on any atom is 0.264 e. The van der Waals surface area contributed by atoms with Gasteiger partial charge in [-0.05, 0) is 25.7 Å². The predicted molar refractivity (Wildman–Crippen MR) is 54.7 cm³/mol. The van der Waals surface area contributed by atoms with Gasteiger partial charge in [0.25, 0.3) is 10.1 Å². The Hall–Kier alpha value is -0.140. The van der Waals surface area contributed by atoms with E-state index in [1.54, 1.807) is 0 Å². The summed E-state index contributed by atoms with van der Waals surface area (Å²) in [7, 11) is -6.71. The number of hydrogen-bond acceptors (Lipinski definition) is 5. The minimum absolute atomic E-state index is 0.204. The van der Waals surface area contributed by atoms with Crippen molar-refractivity contribution in [2.24, 2.45) is 0 Å². The van der Waals surface area contributed by atoms with Crippen LogP contribution in [0.15, 0.2) is 0 Å². The first-order chi connectivity index (χ1) is 6.77. The predicted octanol–water partition coefficient (Wildman–Crippen LogP) is 0.0724. The molecule has 0 unspecified atom stereocenters. The highest BCUT2D eigenvalue weighted by Gasteiger charge is 2.59. The van der Waals surface area contributed by atoms with Gasteiger partial charge in [0.15, 0.2) is 9.84 Å². The summed E-state index contributed by atoms with van der Waals surface area (Å²) < 4.78 is 49.2. The van der Waals surface area contributed by atoms with E-state index >= 15 is 0 Å². The second-order valence-electron chi connectivity index (χ2n) is 4.39. The van der Waals surface area contributed by atoms with Crippen molar-refractivity contribution in [3.05, 3.63) is 0 Å². The van der Waals surface area contributed by atoms with E-state index in [1.165, 1.54) is 0 Å². The zero-order valence-corrected chi connectivity index (χ0v) is 10.1. The van der Waals surface area contributed by atoms with Gasteiger partial charge in [-0.1, -0.05) is 0 Å². The largest absolute Gasteiger partial charge is 0.269 e. The molecule has 2 aliphatic rings. The zero-order valence-electron chi connectivity index (χ0n) is 8.47. The molecule has 5 nitrogen and oxygen atoms in total. The maximum absolute atomic E-state index is 11.9. The third-order valence-corrected chi connectivity index (χ3v) is 6.54. The second-order valence-corrected chi connectivity index (χ2v) is 8.66. The summed E-state index contributed by atoms with van der Waals surface area (Å²) >= 11 is 0. The quantitative estimate of drug-likeness (QED) is 0.649. The average Bonchev–Trinajstić information content (AvgIpc) is 2.95. The van der Waals surface area contributed by atoms with Gasteiger partial charge in [0.1, 0.15) is 0 Å². The van der Waals surface area contributed by atoms with Gasteiger partial charge in [0, 0.05) is 0 Å². The molecule has 0 bridgehead atoms. The summed E-state index contributed by atoms with van der Waals surface area (Å²) in [6.45, 7) is -0.204. The molecular weight excluding hydrogens is 240 g/mol. The van der Waals surface area contributed by atoms with Gasteiger partial charge in [-0.2, -0.15) is 8.42 Å². The second kappa shape index (κ2) is 3.18. The molecule has 0 aromatic rings. The third kappa shape index (κ3) is 2.19. The Morgan fingerprint density at radius 1 is 1.20 bits per heavy atom. The Balaban J connectivity index is 2.08. The Morgan fingerprint density at radius 3 is 2.07 bits per heavy atom. The van der Waals surface area contributed by atoms with Crippen LogP contribution in [0, 0.1) is 0 Å². The van der Waals surface area contributed by atoms with Crippen LogP contribution in [0.25, 0.3) is 0 Å². The van der Waals surface area contributed by atoms with Gasteiger partial charge >= 0.3 is 0 Å². The topological polar surface area (TPSA) is 77.5 Å². The zero-order chi connectivity index (χ0) is 11.3. The highest BCUT2D eigenvalue weighted by atomic mass is 32.2. The first-order valence-electron chi connectivity index (χ1n) is 4.85. The van der Waals surface area contributed by atoms with Crippen molar-refractivity contribution in [1.82, 2.24) is 0 Å². The summed E-state index contributed by atoms with van der Waals surface area (Å²) in [5.74, 6) is 0. The summed E-state index contributed by atoms with van der Waals surface area (Å²) in [6, 6.07) is 0. The average molecular weight is 254 g/mol. The Kier molecular flexibility index (Phi) is 2.40. The number of rotatable bonds is 5. The molecule has 2 aliphatic carbocycles. The molecule has 15 heavy (non-hydrogen) atoms. The SMILES string of the molecule is CS(=O)(=O)OCC1(S(=O)(=O)C2CC2)CC1. The van der Waals surface area contributed by atoms with Crippen LogP contribution in [-0.2, 0) is 24.1 Å². The van der Waals surface area contributed by atoms with E-state index in [1.807, 2.05) is 0 Å². The van der Waals surface area contributed by atoms with Crippen molar-refractivity contribution in [1.29, 1.82) is 0 Å². The molecule has 0 N–H and O–H groups in total. The summed E-state index contributed by atoms with van der Waals surface area (Å²) in [6.07, 6.45) is 3.42. The molecule has 0 radical (unpaired) electrons. The van der Waals surface area contributed by atoms with Crippen LogP contribution < -0.4 is 0 Å². The smallest absolute Gasteiger partial charge is 0.264 e. The Labute approximate surface area is 89.9 Å². The van der Waals surface area contributed by atoms with Gasteiger partial charge in [-0.25, -0.2) is 8.42 Å². The monoisotopic (exact) mass is 254 g/mol. The molecule has 0 aromatic carbocycles. The molecule has 88 valence electrons. The minimum atomic E-state index is -3.55. The highest BCUT2D eigenvalue weighted by Crippen LogP contribution is 2.50. The first kappa shape index (κ1) is 11.3. The van der Waals surface area contributed by atoms with Crippen LogP contribution in [0.3, 0.4) is 0 Å². The summed E-state index contributed by atoms with van der Waals surface area (Å²) in [5, 5.41) is -0.247. The Bertz CT molecular complexity index is 453. The lowest BCUT2D eigenvalue weighted by Crippen LogP contribution is -2.32. The molecule has 0 saturated heterocycles. The van der Waals surface area contributed by atoms with Gasteiger partial charge in [-0.15, -0.1) is 0 Å². The van der Waals surface area contributed by atoms with E-state index in [2.05, 4.69) is 4.18 Å². The van der Waals surface area contributed by atoms with Gasteiger partial charge in [0.2, 0.25) is 0 Å². The molecule has 0 amide bonds. The fraction of sp³-hybridized carbons (Fsp3) is 1.00. The molecule has 2 fully saturated rings. The molecule has 2 rings (SSSR count). The van der Waals surface area contributed by atoms with Crippen molar-refractivity contribution < 1.29 is 21.0 Å². The van der Waals surface area contributed by atoms with Crippen molar-refractivity contribution >= 4 is 20.0 Å². The lowest BCUT2D eigenvalue weighted by Gasteiger charge is -2.14. The van der Waals surface area contributed by atoms with E-state index in [0.29, 0.717) is 25.7 Å². The van der Waals surface area contributed by atoms with Crippen molar-refractivity contribution in [2.75, 3.05) is 12.9 Å². The van der Waals surface area contributed by atoms with Gasteiger partial charge in [0.05, 0.1) is 22.9 Å². The lowest BCUT2D eigenvalue weighted by molar-refractivity contribution is 0.311. The molecule has 0 heterocycles. The van der Waals surface area contributed by atoms with Gasteiger partial charge in [-0.3, -0.25) is 4.18 Å². The maximum atomic E-state index is 11.9. The third-order valence-electron chi connectivity index (χ3n) is 2.91. The molecular formula is C8H14O5S2. The van der Waals surface area contributed by atoms with Crippen molar-refractivity contribution in [3.8, 4) is 0 Å². The molecule has 2 saturated carbocycles. The Morgan fingerprint density at radius 2 is 1.73 bits per heavy atom. The minimum Gasteiger partial charge on any atom is -0.269 e. The summed E-state index contributed by atoms with van der Waals surface area (Å²) in [5.41, 5.74) is 0. The molecule has 0 spiro atoms. The molecule has 0 atom stereocenters. The van der Waals surface area contributed by atoms with E-state index < -0.39 is 24.7 Å². The van der Waals surface area contributed by atoms with E-state index in [4.69, 9.17) is 0 Å². The van der Waals surface area contributed by atoms with Crippen LogP contribution in [0.4, 0.5) is 0 Å². The van der Waals surface area contributed by atoms with Crippen LogP contribution >= 0.6 is 0 Å². The standard InChI is InChI=1S/C8H14O5S2/c1-14(9,10)13-6-8(4-5-8)15(11,12)7-2-3-7/h7H,2-6H2,1H3. The van der Waals surface area contributed by atoms with E-state index in [0.717, 1.165) is 6.26 Å². The number of hydrogen-bond donors (Lipinski definition) is 0. The van der Waals surface area contributed by atoms with Crippen LogP contribution in [-0.4, -0.2) is 39.7 Å². The van der Waals surface area contributed by atoms with Crippen LogP contribution in [0.2, 0.25) is 0 Å². The lowest BCUT2D eigenvalue weighted by atomic mass is 10.5. The first-order valence-corrected chi connectivity index (χ1v) is 8.21. The van der Waals surface area contributed by atoms with Crippen LogP contribution in [0.1, 0.15) is 25.7 Å². The summed E-state index contributed by atoms with van der Waals surface area (Å²) in [4.78, 5) is 0. The number of sulfone groups is 1. The van der Waals surface area contributed by atoms with Crippen LogP contribution in [0.5, 0.6) is 0 Å². The van der Waals surface area contributed by atoms with Crippen molar-refractivity contribution in [3.63, 3.8) is 0 Å². The normalized spacial score (nSPS) is 25.1. The van der Waals surface area contributed by atoms with Crippen molar-refractivity contribution in [2.45, 2.75) is 35.7 Å². The fourth-order valence-electron chi connectivity index (χ4n) is 1.60. The van der Waals surface area contributed by atoms with E-state index in [-0.39, 0.29) is 11.9 Å². The highest BCUT2D eigenvalue weighted by molar-refractivity contribution is 7.94. The van der Waals surface area contributed by atoms with E-state index in [9.17, 15) is 16.8 Å². The fourth-order valence-corrected chi connectivity index (χ4v) is 4.47. The molecule has 0 aromatic heterocycles. The molecule has 7 heteroatoms. The van der Waals surface area contributed by atoms with Gasteiger partial charge < -0.3 is 0 Å². The molecule has 0 aliphatic heterocycles.